The molecule has 3 aromatic rings. The molecule has 3 aromatic carbocycles. The average Bonchev–Trinajstić information content (AvgIpc) is 3.28. The number of hydrogen-bond acceptors (Lipinski definition) is 4. The van der Waals surface area contributed by atoms with E-state index in [0.29, 0.717) is 5.02 Å². The quantitative estimate of drug-likeness (QED) is 0.590. The third-order valence-corrected chi connectivity index (χ3v) is 5.86. The second-order valence-corrected chi connectivity index (χ2v) is 7.89. The highest BCUT2D eigenvalue weighted by Crippen LogP contribution is 2.47. The maximum Gasteiger partial charge on any atom is 0.262 e. The number of carbonyl (C=O) groups excluding carboxylic acids is 2. The molecule has 2 aliphatic heterocycles. The van der Waals surface area contributed by atoms with E-state index in [0.717, 1.165) is 16.8 Å². The zero-order valence-corrected chi connectivity index (χ0v) is 16.8. The van der Waals surface area contributed by atoms with Gasteiger partial charge in [-0.3, -0.25) is 19.3 Å². The number of para-hydroxylation sites is 1. The van der Waals surface area contributed by atoms with Gasteiger partial charge in [-0.25, -0.2) is 5.06 Å². The van der Waals surface area contributed by atoms with Gasteiger partial charge in [-0.15, -0.1) is 0 Å². The van der Waals surface area contributed by atoms with Crippen molar-refractivity contribution in [2.75, 3.05) is 5.06 Å². The first-order chi connectivity index (χ1) is 14.6. The van der Waals surface area contributed by atoms with Crippen molar-refractivity contribution in [3.63, 3.8) is 0 Å². The van der Waals surface area contributed by atoms with Gasteiger partial charge in [0, 0.05) is 5.02 Å². The zero-order chi connectivity index (χ0) is 20.7. The van der Waals surface area contributed by atoms with E-state index in [1.54, 1.807) is 17.2 Å². The summed E-state index contributed by atoms with van der Waals surface area (Å²) in [6, 6.07) is 25.9. The van der Waals surface area contributed by atoms with E-state index in [4.69, 9.17) is 16.4 Å². The van der Waals surface area contributed by atoms with E-state index in [1.807, 2.05) is 72.8 Å². The van der Waals surface area contributed by atoms with Crippen molar-refractivity contribution in [1.82, 2.24) is 4.90 Å². The van der Waals surface area contributed by atoms with Crippen LogP contribution in [0.4, 0.5) is 5.69 Å². The molecule has 3 atom stereocenters. The lowest BCUT2D eigenvalue weighted by Crippen LogP contribution is -2.36. The monoisotopic (exact) mass is 418 g/mol. The molecule has 0 spiro atoms. The Hall–Kier alpha value is -3.15. The van der Waals surface area contributed by atoms with Crippen LogP contribution in [0.2, 0.25) is 5.02 Å². The minimum absolute atomic E-state index is 0.216. The molecule has 30 heavy (non-hydrogen) atoms. The number of imide groups is 1. The van der Waals surface area contributed by atoms with Crippen LogP contribution < -0.4 is 5.06 Å². The summed E-state index contributed by atoms with van der Waals surface area (Å²) in [5, 5.41) is 2.30. The molecule has 2 fully saturated rings. The van der Waals surface area contributed by atoms with Gasteiger partial charge in [0.25, 0.3) is 5.91 Å². The van der Waals surface area contributed by atoms with Crippen LogP contribution in [-0.4, -0.2) is 22.8 Å². The molecule has 0 aromatic heterocycles. The van der Waals surface area contributed by atoms with E-state index in [2.05, 4.69) is 0 Å². The van der Waals surface area contributed by atoms with Crippen LogP contribution in [0.1, 0.15) is 17.2 Å². The van der Waals surface area contributed by atoms with Gasteiger partial charge in [-0.1, -0.05) is 72.3 Å². The van der Waals surface area contributed by atoms with Gasteiger partial charge >= 0.3 is 0 Å². The number of halogens is 1. The minimum atomic E-state index is -0.845. The number of fused-ring (bicyclic) bond motifs is 1. The lowest BCUT2D eigenvalue weighted by molar-refractivity contribution is -0.143. The highest BCUT2D eigenvalue weighted by molar-refractivity contribution is 6.30. The molecule has 0 bridgehead atoms. The van der Waals surface area contributed by atoms with E-state index in [9.17, 15) is 9.59 Å². The van der Waals surface area contributed by atoms with E-state index in [1.165, 1.54) is 4.90 Å². The second kappa shape index (κ2) is 7.59. The smallest absolute Gasteiger partial charge is 0.262 e. The lowest BCUT2D eigenvalue weighted by atomic mass is 9.90. The molecular weight excluding hydrogens is 400 g/mol. The summed E-state index contributed by atoms with van der Waals surface area (Å²) in [6.07, 6.45) is -0.845. The summed E-state index contributed by atoms with van der Waals surface area (Å²) >= 11 is 6.07. The molecule has 0 N–H and O–H groups in total. The number of nitrogens with zero attached hydrogens (tertiary/aromatic N) is 2. The lowest BCUT2D eigenvalue weighted by Gasteiger charge is -2.28. The van der Waals surface area contributed by atoms with Gasteiger partial charge in [0.2, 0.25) is 5.91 Å². The summed E-state index contributed by atoms with van der Waals surface area (Å²) in [4.78, 5) is 34.0. The Morgan fingerprint density at radius 2 is 1.43 bits per heavy atom. The standard InChI is InChI=1S/C24H19ClN2O3/c25-18-13-11-17(12-14-18)21-20-22(30-27(21)19-9-5-2-6-10-19)24(29)26(23(20)28)15-16-7-3-1-4-8-16/h1-14,20-22H,15H2/t20-,21-,22-/m0/s1. The highest BCUT2D eigenvalue weighted by Gasteiger charge is 2.59. The van der Waals surface area contributed by atoms with Gasteiger partial charge < -0.3 is 0 Å². The number of hydroxylamine groups is 1. The molecule has 0 radical (unpaired) electrons. The van der Waals surface area contributed by atoms with Gasteiger partial charge in [-0.05, 0) is 35.4 Å². The maximum absolute atomic E-state index is 13.4. The summed E-state index contributed by atoms with van der Waals surface area (Å²) in [6.45, 7) is 0.244. The molecule has 0 unspecified atom stereocenters. The van der Waals surface area contributed by atoms with Crippen molar-refractivity contribution in [2.24, 2.45) is 5.92 Å². The fraction of sp³-hybridized carbons (Fsp3) is 0.167. The number of rotatable bonds is 4. The molecule has 2 saturated heterocycles. The van der Waals surface area contributed by atoms with Crippen LogP contribution in [0.15, 0.2) is 84.9 Å². The van der Waals surface area contributed by atoms with Gasteiger partial charge in [0.1, 0.15) is 5.92 Å². The van der Waals surface area contributed by atoms with Crippen LogP contribution in [0.5, 0.6) is 0 Å². The van der Waals surface area contributed by atoms with Crippen molar-refractivity contribution in [3.05, 3.63) is 101 Å². The predicted octanol–water partition coefficient (Wildman–Crippen LogP) is 4.39. The van der Waals surface area contributed by atoms with Crippen molar-refractivity contribution < 1.29 is 14.4 Å². The number of anilines is 1. The Labute approximate surface area is 179 Å². The van der Waals surface area contributed by atoms with Gasteiger partial charge in [0.15, 0.2) is 6.10 Å². The minimum Gasteiger partial charge on any atom is -0.275 e. The number of likely N-dealkylation sites (tertiary alicyclic amines) is 1. The van der Waals surface area contributed by atoms with E-state index >= 15 is 0 Å². The molecular formula is C24H19ClN2O3. The molecule has 5 nitrogen and oxygen atoms in total. The van der Waals surface area contributed by atoms with E-state index < -0.39 is 18.1 Å². The predicted molar refractivity (Wildman–Crippen MR) is 113 cm³/mol. The first-order valence-corrected chi connectivity index (χ1v) is 10.2. The summed E-state index contributed by atoms with van der Waals surface area (Å²) in [5.74, 6) is -1.14. The topological polar surface area (TPSA) is 49.9 Å². The highest BCUT2D eigenvalue weighted by atomic mass is 35.5. The fourth-order valence-corrected chi connectivity index (χ4v) is 4.32. The van der Waals surface area contributed by atoms with Crippen LogP contribution in [0.3, 0.4) is 0 Å². The normalized spacial score (nSPS) is 23.2. The molecule has 2 aliphatic rings. The largest absolute Gasteiger partial charge is 0.275 e. The van der Waals surface area contributed by atoms with Crippen molar-refractivity contribution in [3.8, 4) is 0 Å². The molecule has 0 saturated carbocycles. The van der Waals surface area contributed by atoms with Crippen molar-refractivity contribution in [1.29, 1.82) is 0 Å². The SMILES string of the molecule is O=C1[C@@H]2[C@H](ON(c3ccccc3)[C@H]2c2ccc(Cl)cc2)C(=O)N1Cc1ccccc1. The van der Waals surface area contributed by atoms with Gasteiger partial charge in [0.05, 0.1) is 18.3 Å². The average molecular weight is 419 g/mol. The summed E-state index contributed by atoms with van der Waals surface area (Å²) < 4.78 is 0. The summed E-state index contributed by atoms with van der Waals surface area (Å²) in [5.41, 5.74) is 2.57. The Bertz CT molecular complexity index is 1070. The molecule has 150 valence electrons. The summed E-state index contributed by atoms with van der Waals surface area (Å²) in [7, 11) is 0. The van der Waals surface area contributed by atoms with Crippen LogP contribution in [0.25, 0.3) is 0 Å². The molecule has 0 aliphatic carbocycles. The first-order valence-electron chi connectivity index (χ1n) is 9.79. The Balaban J connectivity index is 1.52. The van der Waals surface area contributed by atoms with Crippen molar-refractivity contribution in [2.45, 2.75) is 18.7 Å². The Kier molecular flexibility index (Phi) is 4.77. The Morgan fingerprint density at radius 1 is 0.800 bits per heavy atom. The molecule has 6 heteroatoms. The maximum atomic E-state index is 13.4. The molecule has 2 heterocycles. The number of benzene rings is 3. The zero-order valence-electron chi connectivity index (χ0n) is 16.0. The third kappa shape index (κ3) is 3.16. The van der Waals surface area contributed by atoms with Gasteiger partial charge in [-0.2, -0.15) is 0 Å². The first kappa shape index (κ1) is 18.9. The van der Waals surface area contributed by atoms with Crippen LogP contribution in [-0.2, 0) is 21.0 Å². The van der Waals surface area contributed by atoms with Crippen molar-refractivity contribution >= 4 is 29.1 Å². The van der Waals surface area contributed by atoms with Crippen LogP contribution >= 0.6 is 11.6 Å². The third-order valence-electron chi connectivity index (χ3n) is 5.61. The van der Waals surface area contributed by atoms with E-state index in [-0.39, 0.29) is 18.4 Å². The Morgan fingerprint density at radius 3 is 2.10 bits per heavy atom. The molecule has 5 rings (SSSR count). The number of carbonyl (C=O) groups is 2. The fourth-order valence-electron chi connectivity index (χ4n) is 4.19. The number of amides is 2. The number of hydrogen-bond donors (Lipinski definition) is 0. The second-order valence-electron chi connectivity index (χ2n) is 7.46. The van der Waals surface area contributed by atoms with Crippen LogP contribution in [0, 0.1) is 5.92 Å². The molecule has 2 amide bonds.